The fourth-order valence-electron chi connectivity index (χ4n) is 4.19. The number of hydrogen-bond acceptors (Lipinski definition) is 8. The molecule has 0 bridgehead atoms. The number of likely N-dealkylation sites (tertiary alicyclic amines) is 1. The molecule has 1 atom stereocenters. The number of piperidine rings is 1. The number of rotatable bonds is 6. The molecule has 180 valence electrons. The highest BCUT2D eigenvalue weighted by atomic mass is 16.5. The number of aromatic nitrogens is 4. The molecule has 9 nitrogen and oxygen atoms in total. The van der Waals surface area contributed by atoms with Gasteiger partial charge in [0.2, 0.25) is 0 Å². The highest BCUT2D eigenvalue weighted by Gasteiger charge is 2.25. The first-order valence-corrected chi connectivity index (χ1v) is 11.7. The van der Waals surface area contributed by atoms with Gasteiger partial charge in [0.25, 0.3) is 0 Å². The van der Waals surface area contributed by atoms with E-state index in [-0.39, 0.29) is 12.6 Å². The molecule has 0 aliphatic carbocycles. The van der Waals surface area contributed by atoms with Crippen LogP contribution in [0.4, 0.5) is 5.82 Å². The van der Waals surface area contributed by atoms with Crippen molar-refractivity contribution in [3.05, 3.63) is 72.2 Å². The van der Waals surface area contributed by atoms with Gasteiger partial charge in [-0.15, -0.1) is 0 Å². The summed E-state index contributed by atoms with van der Waals surface area (Å²) in [5, 5.41) is 14.6. The summed E-state index contributed by atoms with van der Waals surface area (Å²) >= 11 is 0. The lowest BCUT2D eigenvalue weighted by Gasteiger charge is -2.28. The molecular formula is C27H25N7O2. The first-order chi connectivity index (χ1) is 17.7. The SMILES string of the molecule is N#CN1CCCC(n2nc(C#CCOc3ccc(OCc4ccccc4)cc3)c3c(N)ncnc32)C1. The minimum atomic E-state index is 0.0182. The molecule has 0 saturated carbocycles. The third-order valence-corrected chi connectivity index (χ3v) is 5.99. The summed E-state index contributed by atoms with van der Waals surface area (Å²) in [6.07, 6.45) is 5.46. The number of anilines is 1. The zero-order chi connectivity index (χ0) is 24.7. The maximum absolute atomic E-state index is 9.30. The largest absolute Gasteiger partial charge is 0.489 e. The molecule has 36 heavy (non-hydrogen) atoms. The average Bonchev–Trinajstić information content (AvgIpc) is 3.31. The van der Waals surface area contributed by atoms with E-state index in [1.807, 2.05) is 59.3 Å². The van der Waals surface area contributed by atoms with Crippen molar-refractivity contribution in [2.75, 3.05) is 25.4 Å². The molecule has 1 saturated heterocycles. The van der Waals surface area contributed by atoms with Gasteiger partial charge >= 0.3 is 0 Å². The van der Waals surface area contributed by atoms with Gasteiger partial charge in [0.1, 0.15) is 42.6 Å². The Morgan fingerprint density at radius 3 is 2.58 bits per heavy atom. The van der Waals surface area contributed by atoms with Crippen molar-refractivity contribution >= 4 is 16.9 Å². The molecule has 2 aromatic carbocycles. The number of fused-ring (bicyclic) bond motifs is 1. The predicted molar refractivity (Wildman–Crippen MR) is 135 cm³/mol. The molecule has 0 spiro atoms. The number of nitriles is 1. The van der Waals surface area contributed by atoms with E-state index in [0.717, 1.165) is 30.7 Å². The van der Waals surface area contributed by atoms with Gasteiger partial charge in [-0.25, -0.2) is 14.6 Å². The molecule has 4 aromatic rings. The fourth-order valence-corrected chi connectivity index (χ4v) is 4.19. The Hall–Kier alpha value is -4.76. The van der Waals surface area contributed by atoms with Gasteiger partial charge in [-0.1, -0.05) is 36.3 Å². The van der Waals surface area contributed by atoms with Crippen LogP contribution in [0.3, 0.4) is 0 Å². The zero-order valence-corrected chi connectivity index (χ0v) is 19.7. The van der Waals surface area contributed by atoms with Crippen LogP contribution >= 0.6 is 0 Å². The highest BCUT2D eigenvalue weighted by Crippen LogP contribution is 2.28. The van der Waals surface area contributed by atoms with Crippen LogP contribution in [0.15, 0.2) is 60.9 Å². The van der Waals surface area contributed by atoms with E-state index in [1.165, 1.54) is 6.33 Å². The number of nitrogen functional groups attached to an aromatic ring is 1. The standard InChI is InChI=1S/C27H25N7O2/c28-18-33-14-4-8-21(16-33)34-27-25(26(29)30-19-31-27)24(32-34)9-5-15-35-22-10-12-23(13-11-22)36-17-20-6-2-1-3-7-20/h1-3,6-7,10-13,19,21H,4,8,14-17H2,(H2,29,30,31). The van der Waals surface area contributed by atoms with Gasteiger partial charge in [-0.3, -0.25) is 0 Å². The van der Waals surface area contributed by atoms with E-state index in [0.29, 0.717) is 41.4 Å². The van der Waals surface area contributed by atoms with E-state index in [4.69, 9.17) is 20.3 Å². The molecule has 1 unspecified atom stereocenters. The summed E-state index contributed by atoms with van der Waals surface area (Å²) in [5.74, 6) is 7.86. The van der Waals surface area contributed by atoms with Crippen molar-refractivity contribution in [2.24, 2.45) is 0 Å². The number of ether oxygens (including phenoxy) is 2. The molecule has 3 heterocycles. The number of nitrogens with two attached hydrogens (primary N) is 1. The van der Waals surface area contributed by atoms with Crippen LogP contribution in [-0.4, -0.2) is 44.3 Å². The van der Waals surface area contributed by atoms with Gasteiger partial charge in [-0.05, 0) is 48.6 Å². The molecule has 9 heteroatoms. The summed E-state index contributed by atoms with van der Waals surface area (Å²) in [4.78, 5) is 10.3. The smallest absolute Gasteiger partial charge is 0.179 e. The number of nitrogens with zero attached hydrogens (tertiary/aromatic N) is 6. The lowest BCUT2D eigenvalue weighted by Crippen LogP contribution is -2.33. The maximum Gasteiger partial charge on any atom is 0.179 e. The molecule has 5 rings (SSSR count). The summed E-state index contributed by atoms with van der Waals surface area (Å²) in [5.41, 5.74) is 8.39. The Morgan fingerprint density at radius 2 is 1.81 bits per heavy atom. The topological polar surface area (TPSA) is 115 Å². The summed E-state index contributed by atoms with van der Waals surface area (Å²) in [6.45, 7) is 2.03. The van der Waals surface area contributed by atoms with E-state index in [1.54, 1.807) is 4.90 Å². The average molecular weight is 480 g/mol. The molecular weight excluding hydrogens is 454 g/mol. The van der Waals surface area contributed by atoms with Gasteiger partial charge in [0, 0.05) is 6.54 Å². The van der Waals surface area contributed by atoms with Crippen LogP contribution in [0.5, 0.6) is 11.5 Å². The monoisotopic (exact) mass is 479 g/mol. The molecule has 1 aliphatic heterocycles. The quantitative estimate of drug-likeness (QED) is 0.330. The number of benzene rings is 2. The van der Waals surface area contributed by atoms with Crippen molar-refractivity contribution in [3.8, 4) is 29.5 Å². The second-order valence-electron chi connectivity index (χ2n) is 8.43. The normalized spacial score (nSPS) is 15.1. The Bertz CT molecular complexity index is 1430. The van der Waals surface area contributed by atoms with Crippen molar-refractivity contribution < 1.29 is 9.47 Å². The van der Waals surface area contributed by atoms with Gasteiger partial charge in [0.15, 0.2) is 11.8 Å². The van der Waals surface area contributed by atoms with Gasteiger partial charge < -0.3 is 20.1 Å². The molecule has 2 aromatic heterocycles. The Labute approximate surface area is 209 Å². The van der Waals surface area contributed by atoms with Crippen LogP contribution in [0.25, 0.3) is 11.0 Å². The Morgan fingerprint density at radius 1 is 1.03 bits per heavy atom. The van der Waals surface area contributed by atoms with Crippen molar-refractivity contribution in [1.29, 1.82) is 5.26 Å². The van der Waals surface area contributed by atoms with Crippen LogP contribution in [0.2, 0.25) is 0 Å². The number of hydrogen-bond donors (Lipinski definition) is 1. The van der Waals surface area contributed by atoms with Crippen LogP contribution in [0, 0.1) is 23.3 Å². The van der Waals surface area contributed by atoms with E-state index < -0.39 is 0 Å². The lowest BCUT2D eigenvalue weighted by atomic mass is 10.1. The molecule has 2 N–H and O–H groups in total. The van der Waals surface area contributed by atoms with Crippen LogP contribution in [0.1, 0.15) is 30.1 Å². The van der Waals surface area contributed by atoms with Crippen molar-refractivity contribution in [1.82, 2.24) is 24.6 Å². The predicted octanol–water partition coefficient (Wildman–Crippen LogP) is 3.54. The van der Waals surface area contributed by atoms with Crippen LogP contribution in [-0.2, 0) is 6.61 Å². The van der Waals surface area contributed by atoms with Gasteiger partial charge in [0.05, 0.1) is 18.0 Å². The summed E-state index contributed by atoms with van der Waals surface area (Å²) in [7, 11) is 0. The van der Waals surface area contributed by atoms with E-state index >= 15 is 0 Å². The van der Waals surface area contributed by atoms with Crippen molar-refractivity contribution in [3.63, 3.8) is 0 Å². The molecule has 1 fully saturated rings. The minimum Gasteiger partial charge on any atom is -0.489 e. The second-order valence-corrected chi connectivity index (χ2v) is 8.43. The molecule has 1 aliphatic rings. The molecule has 0 amide bonds. The Balaban J connectivity index is 1.25. The minimum absolute atomic E-state index is 0.0182. The maximum atomic E-state index is 9.30. The molecule has 0 radical (unpaired) electrons. The van der Waals surface area contributed by atoms with Crippen LogP contribution < -0.4 is 15.2 Å². The first kappa shape index (κ1) is 23.0. The summed E-state index contributed by atoms with van der Waals surface area (Å²) < 4.78 is 13.4. The Kier molecular flexibility index (Phi) is 6.81. The highest BCUT2D eigenvalue weighted by molar-refractivity contribution is 5.90. The third-order valence-electron chi connectivity index (χ3n) is 5.99. The van der Waals surface area contributed by atoms with Gasteiger partial charge in [-0.2, -0.15) is 10.4 Å². The summed E-state index contributed by atoms with van der Waals surface area (Å²) in [6, 6.07) is 17.5. The van der Waals surface area contributed by atoms with E-state index in [9.17, 15) is 5.26 Å². The second kappa shape index (κ2) is 10.7. The lowest BCUT2D eigenvalue weighted by molar-refractivity contribution is 0.236. The fraction of sp³-hybridized carbons (Fsp3) is 0.259. The van der Waals surface area contributed by atoms with E-state index in [2.05, 4.69) is 28.0 Å². The van der Waals surface area contributed by atoms with Crippen molar-refractivity contribution in [2.45, 2.75) is 25.5 Å². The zero-order valence-electron chi connectivity index (χ0n) is 19.7. The third kappa shape index (κ3) is 5.16. The first-order valence-electron chi connectivity index (χ1n) is 11.7.